The van der Waals surface area contributed by atoms with E-state index in [9.17, 15) is 9.59 Å². The normalized spacial score (nSPS) is 10.2. The molecule has 6 nitrogen and oxygen atoms in total. The van der Waals surface area contributed by atoms with Crippen LogP contribution < -0.4 is 5.32 Å². The molecule has 0 aliphatic heterocycles. The SMILES string of the molecule is CN(C)CCN(C)C(=O)OCc1ccc(NC=O)cc1. The predicted octanol–water partition coefficient (Wildman–Crippen LogP) is 1.38. The lowest BCUT2D eigenvalue weighted by molar-refractivity contribution is -0.105. The Morgan fingerprint density at radius 1 is 1.20 bits per heavy atom. The van der Waals surface area contributed by atoms with E-state index in [2.05, 4.69) is 5.32 Å². The van der Waals surface area contributed by atoms with Gasteiger partial charge in [0.15, 0.2) is 0 Å². The van der Waals surface area contributed by atoms with Crippen molar-refractivity contribution in [3.63, 3.8) is 0 Å². The van der Waals surface area contributed by atoms with Crippen LogP contribution in [0.25, 0.3) is 0 Å². The number of hydrogen-bond acceptors (Lipinski definition) is 4. The molecule has 20 heavy (non-hydrogen) atoms. The molecule has 2 amide bonds. The number of carbonyl (C=O) groups is 2. The third kappa shape index (κ3) is 5.71. The fraction of sp³-hybridized carbons (Fsp3) is 0.429. The molecule has 0 saturated carbocycles. The molecule has 0 aliphatic rings. The standard InChI is InChI=1S/C14H21N3O3/c1-16(2)8-9-17(3)14(19)20-10-12-4-6-13(7-5-12)15-11-18/h4-7,11H,8-10H2,1-3H3,(H,15,18). The summed E-state index contributed by atoms with van der Waals surface area (Å²) in [7, 11) is 5.62. The fourth-order valence-corrected chi connectivity index (χ4v) is 1.46. The first-order chi connectivity index (χ1) is 9.52. The Hall–Kier alpha value is -2.08. The van der Waals surface area contributed by atoms with E-state index in [0.29, 0.717) is 18.6 Å². The molecule has 0 fully saturated rings. The summed E-state index contributed by atoms with van der Waals surface area (Å²) in [5.41, 5.74) is 1.58. The Morgan fingerprint density at radius 2 is 1.85 bits per heavy atom. The topological polar surface area (TPSA) is 61.9 Å². The minimum atomic E-state index is -0.345. The number of rotatable bonds is 7. The summed E-state index contributed by atoms with van der Waals surface area (Å²) < 4.78 is 5.20. The Bertz CT molecular complexity index is 432. The van der Waals surface area contributed by atoms with E-state index in [1.807, 2.05) is 19.0 Å². The van der Waals surface area contributed by atoms with Crippen molar-refractivity contribution in [3.8, 4) is 0 Å². The van der Waals surface area contributed by atoms with E-state index >= 15 is 0 Å². The van der Waals surface area contributed by atoms with Gasteiger partial charge in [0.1, 0.15) is 6.61 Å². The molecule has 0 aliphatic carbocycles. The number of nitrogens with one attached hydrogen (secondary N) is 1. The molecular formula is C14H21N3O3. The molecule has 0 atom stereocenters. The van der Waals surface area contributed by atoms with Gasteiger partial charge in [-0.25, -0.2) is 4.79 Å². The molecule has 0 saturated heterocycles. The quantitative estimate of drug-likeness (QED) is 0.766. The van der Waals surface area contributed by atoms with Crippen LogP contribution in [0.15, 0.2) is 24.3 Å². The summed E-state index contributed by atoms with van der Waals surface area (Å²) in [5, 5.41) is 2.54. The van der Waals surface area contributed by atoms with Crippen molar-refractivity contribution in [3.05, 3.63) is 29.8 Å². The van der Waals surface area contributed by atoms with E-state index in [4.69, 9.17) is 4.74 Å². The highest BCUT2D eigenvalue weighted by Crippen LogP contribution is 2.10. The molecule has 1 N–H and O–H groups in total. The number of hydrogen-bond donors (Lipinski definition) is 1. The van der Waals surface area contributed by atoms with Gasteiger partial charge < -0.3 is 19.9 Å². The number of nitrogens with zero attached hydrogens (tertiary/aromatic N) is 2. The lowest BCUT2D eigenvalue weighted by Crippen LogP contribution is -2.33. The van der Waals surface area contributed by atoms with Crippen molar-refractivity contribution < 1.29 is 14.3 Å². The molecule has 6 heteroatoms. The molecule has 0 aromatic heterocycles. The van der Waals surface area contributed by atoms with Crippen molar-refractivity contribution >= 4 is 18.2 Å². The van der Waals surface area contributed by atoms with Crippen LogP contribution >= 0.6 is 0 Å². The van der Waals surface area contributed by atoms with Crippen LogP contribution in [0.5, 0.6) is 0 Å². The van der Waals surface area contributed by atoms with Crippen molar-refractivity contribution in [2.75, 3.05) is 39.5 Å². The molecular weight excluding hydrogens is 258 g/mol. The van der Waals surface area contributed by atoms with Gasteiger partial charge in [0.25, 0.3) is 0 Å². The minimum Gasteiger partial charge on any atom is -0.445 e. The van der Waals surface area contributed by atoms with Gasteiger partial charge in [-0.1, -0.05) is 12.1 Å². The maximum absolute atomic E-state index is 11.7. The van der Waals surface area contributed by atoms with Gasteiger partial charge in [-0.15, -0.1) is 0 Å². The number of amides is 2. The summed E-state index contributed by atoms with van der Waals surface area (Å²) in [6, 6.07) is 7.12. The zero-order valence-corrected chi connectivity index (χ0v) is 12.1. The van der Waals surface area contributed by atoms with Crippen LogP contribution in [-0.4, -0.2) is 56.5 Å². The lowest BCUT2D eigenvalue weighted by Gasteiger charge is -2.19. The highest BCUT2D eigenvalue weighted by Gasteiger charge is 2.10. The molecule has 0 bridgehead atoms. The summed E-state index contributed by atoms with van der Waals surface area (Å²) >= 11 is 0. The number of likely N-dealkylation sites (N-methyl/N-ethyl adjacent to an activating group) is 2. The highest BCUT2D eigenvalue weighted by atomic mass is 16.6. The molecule has 0 unspecified atom stereocenters. The average Bonchev–Trinajstić information content (AvgIpc) is 2.44. The van der Waals surface area contributed by atoms with Crippen LogP contribution in [-0.2, 0) is 16.1 Å². The number of carbonyl (C=O) groups excluding carboxylic acids is 2. The third-order valence-corrected chi connectivity index (χ3v) is 2.74. The zero-order chi connectivity index (χ0) is 15.0. The Balaban J connectivity index is 2.38. The van der Waals surface area contributed by atoms with E-state index in [1.165, 1.54) is 0 Å². The number of benzene rings is 1. The van der Waals surface area contributed by atoms with Gasteiger partial charge in [0.05, 0.1) is 0 Å². The van der Waals surface area contributed by atoms with E-state index in [-0.39, 0.29) is 12.7 Å². The summed E-state index contributed by atoms with van der Waals surface area (Å²) in [6.07, 6.45) is 0.274. The minimum absolute atomic E-state index is 0.215. The van der Waals surface area contributed by atoms with Crippen LogP contribution in [0.1, 0.15) is 5.56 Å². The first-order valence-electron chi connectivity index (χ1n) is 6.34. The summed E-state index contributed by atoms with van der Waals surface area (Å²) in [6.45, 7) is 1.62. The fourth-order valence-electron chi connectivity index (χ4n) is 1.46. The first-order valence-corrected chi connectivity index (χ1v) is 6.34. The van der Waals surface area contributed by atoms with Gasteiger partial charge in [-0.2, -0.15) is 0 Å². The summed E-state index contributed by atoms with van der Waals surface area (Å²) in [4.78, 5) is 25.5. The number of anilines is 1. The molecule has 0 radical (unpaired) electrons. The maximum Gasteiger partial charge on any atom is 0.409 e. The predicted molar refractivity (Wildman–Crippen MR) is 77.5 cm³/mol. The number of ether oxygens (including phenoxy) is 1. The van der Waals surface area contributed by atoms with Crippen LogP contribution in [0, 0.1) is 0 Å². The van der Waals surface area contributed by atoms with Gasteiger partial charge in [-0.05, 0) is 31.8 Å². The highest BCUT2D eigenvalue weighted by molar-refractivity contribution is 5.71. The van der Waals surface area contributed by atoms with Crippen molar-refractivity contribution in [2.45, 2.75) is 6.61 Å². The van der Waals surface area contributed by atoms with Crippen LogP contribution in [0.4, 0.5) is 10.5 Å². The molecule has 1 aromatic carbocycles. The zero-order valence-electron chi connectivity index (χ0n) is 12.1. The smallest absolute Gasteiger partial charge is 0.409 e. The Labute approximate surface area is 119 Å². The third-order valence-electron chi connectivity index (χ3n) is 2.74. The van der Waals surface area contributed by atoms with Crippen molar-refractivity contribution in [1.82, 2.24) is 9.80 Å². The maximum atomic E-state index is 11.7. The largest absolute Gasteiger partial charge is 0.445 e. The molecule has 0 spiro atoms. The Morgan fingerprint density at radius 3 is 2.40 bits per heavy atom. The van der Waals surface area contributed by atoms with E-state index in [1.54, 1.807) is 36.2 Å². The second-order valence-corrected chi connectivity index (χ2v) is 4.74. The molecule has 110 valence electrons. The van der Waals surface area contributed by atoms with Crippen molar-refractivity contribution in [1.29, 1.82) is 0 Å². The molecule has 1 aromatic rings. The summed E-state index contributed by atoms with van der Waals surface area (Å²) in [5.74, 6) is 0. The van der Waals surface area contributed by atoms with Crippen LogP contribution in [0.2, 0.25) is 0 Å². The van der Waals surface area contributed by atoms with Gasteiger partial charge in [0, 0.05) is 25.8 Å². The van der Waals surface area contributed by atoms with Gasteiger partial charge >= 0.3 is 6.09 Å². The second-order valence-electron chi connectivity index (χ2n) is 4.74. The van der Waals surface area contributed by atoms with E-state index in [0.717, 1.165) is 12.1 Å². The lowest BCUT2D eigenvalue weighted by atomic mass is 10.2. The second kappa shape index (κ2) is 8.16. The average molecular weight is 279 g/mol. The van der Waals surface area contributed by atoms with Crippen molar-refractivity contribution in [2.24, 2.45) is 0 Å². The van der Waals surface area contributed by atoms with Gasteiger partial charge in [0.2, 0.25) is 6.41 Å². The molecule has 1 rings (SSSR count). The molecule has 0 heterocycles. The Kier molecular flexibility index (Phi) is 6.52. The van der Waals surface area contributed by atoms with Crippen LogP contribution in [0.3, 0.4) is 0 Å². The monoisotopic (exact) mass is 279 g/mol. The van der Waals surface area contributed by atoms with Gasteiger partial charge in [-0.3, -0.25) is 4.79 Å². The first kappa shape index (κ1) is 16.0. The van der Waals surface area contributed by atoms with E-state index < -0.39 is 0 Å².